The molecular formula is C14H27NO. The van der Waals surface area contributed by atoms with Crippen LogP contribution in [0.2, 0.25) is 0 Å². The Morgan fingerprint density at radius 3 is 1.88 bits per heavy atom. The molecule has 1 unspecified atom stereocenters. The van der Waals surface area contributed by atoms with Crippen molar-refractivity contribution in [3.63, 3.8) is 0 Å². The van der Waals surface area contributed by atoms with E-state index in [1.54, 1.807) is 0 Å². The van der Waals surface area contributed by atoms with Crippen molar-refractivity contribution < 1.29 is 5.11 Å². The molecule has 0 aliphatic rings. The van der Waals surface area contributed by atoms with Gasteiger partial charge in [-0.15, -0.1) is 0 Å². The third kappa shape index (κ3) is 8.30. The predicted octanol–water partition coefficient (Wildman–Crippen LogP) is 3.49. The second kappa shape index (κ2) is 12.1. The van der Waals surface area contributed by atoms with Gasteiger partial charge in [0.2, 0.25) is 0 Å². The number of hydrogen-bond acceptors (Lipinski definition) is 2. The van der Waals surface area contributed by atoms with Crippen molar-refractivity contribution in [3.05, 3.63) is 29.8 Å². The van der Waals surface area contributed by atoms with Crippen LogP contribution in [-0.2, 0) is 6.42 Å². The predicted molar refractivity (Wildman–Crippen MR) is 73.5 cm³/mol. The zero-order valence-corrected chi connectivity index (χ0v) is 11.3. The summed E-state index contributed by atoms with van der Waals surface area (Å²) in [5.41, 5.74) is 7.56. The van der Waals surface area contributed by atoms with Gasteiger partial charge in [-0.1, -0.05) is 46.8 Å². The van der Waals surface area contributed by atoms with E-state index >= 15 is 0 Å². The zero-order valence-electron chi connectivity index (χ0n) is 11.3. The Morgan fingerprint density at radius 2 is 1.50 bits per heavy atom. The average Bonchev–Trinajstić information content (AvgIpc) is 2.37. The van der Waals surface area contributed by atoms with E-state index in [9.17, 15) is 0 Å². The van der Waals surface area contributed by atoms with Crippen LogP contribution in [0.5, 0.6) is 0 Å². The molecule has 3 N–H and O–H groups in total. The van der Waals surface area contributed by atoms with Crippen molar-refractivity contribution in [2.24, 2.45) is 5.92 Å². The summed E-state index contributed by atoms with van der Waals surface area (Å²) in [6, 6.07) is 7.78. The second-order valence-electron chi connectivity index (χ2n) is 3.23. The summed E-state index contributed by atoms with van der Waals surface area (Å²) in [7, 11) is 0. The largest absolute Gasteiger partial charge is 0.399 e. The van der Waals surface area contributed by atoms with Gasteiger partial charge >= 0.3 is 0 Å². The molecule has 0 aliphatic carbocycles. The van der Waals surface area contributed by atoms with Gasteiger partial charge in [-0.25, -0.2) is 0 Å². The van der Waals surface area contributed by atoms with Crippen LogP contribution in [0, 0.1) is 5.92 Å². The summed E-state index contributed by atoms with van der Waals surface area (Å²) in [5.74, 6) is 0.327. The summed E-state index contributed by atoms with van der Waals surface area (Å²) in [4.78, 5) is 0. The smallest absolute Gasteiger partial charge is 0.0459 e. The lowest BCUT2D eigenvalue weighted by Crippen LogP contribution is -2.04. The Kier molecular flexibility index (Phi) is 13.1. The van der Waals surface area contributed by atoms with E-state index in [0.29, 0.717) is 5.92 Å². The lowest BCUT2D eigenvalue weighted by atomic mass is 10.0. The number of aliphatic hydroxyl groups is 1. The standard InChI is InChI=1S/C10H15NO.2C2H6/c1-8(7-12)6-9-2-4-10(11)5-3-9;2*1-2/h2-5,8,12H,6-7,11H2,1H3;2*1-2H3. The normalized spacial score (nSPS) is 10.4. The van der Waals surface area contributed by atoms with Crippen molar-refractivity contribution >= 4 is 5.69 Å². The minimum atomic E-state index is 0.240. The number of nitrogen functional groups attached to an aromatic ring is 1. The third-order valence-electron chi connectivity index (χ3n) is 1.88. The number of rotatable bonds is 3. The molecule has 2 nitrogen and oxygen atoms in total. The van der Waals surface area contributed by atoms with Crippen LogP contribution in [-0.4, -0.2) is 11.7 Å². The molecule has 2 heteroatoms. The molecule has 1 aromatic rings. The molecule has 16 heavy (non-hydrogen) atoms. The Morgan fingerprint density at radius 1 is 1.06 bits per heavy atom. The number of benzene rings is 1. The summed E-state index contributed by atoms with van der Waals surface area (Å²) in [5, 5.41) is 8.83. The van der Waals surface area contributed by atoms with Gasteiger partial charge in [0.1, 0.15) is 0 Å². The lowest BCUT2D eigenvalue weighted by Gasteiger charge is -2.07. The number of nitrogens with two attached hydrogens (primary N) is 1. The van der Waals surface area contributed by atoms with Gasteiger partial charge in [0, 0.05) is 12.3 Å². The second-order valence-corrected chi connectivity index (χ2v) is 3.23. The Balaban J connectivity index is 0. The van der Waals surface area contributed by atoms with Crippen LogP contribution in [0.25, 0.3) is 0 Å². The fraction of sp³-hybridized carbons (Fsp3) is 0.571. The monoisotopic (exact) mass is 225 g/mol. The van der Waals surface area contributed by atoms with Gasteiger partial charge in [-0.2, -0.15) is 0 Å². The maximum Gasteiger partial charge on any atom is 0.0459 e. The molecule has 0 aromatic heterocycles. The fourth-order valence-corrected chi connectivity index (χ4v) is 1.12. The highest BCUT2D eigenvalue weighted by atomic mass is 16.3. The van der Waals surface area contributed by atoms with Crippen molar-refractivity contribution in [3.8, 4) is 0 Å². The minimum Gasteiger partial charge on any atom is -0.399 e. The third-order valence-corrected chi connectivity index (χ3v) is 1.88. The molecule has 0 saturated carbocycles. The van der Waals surface area contributed by atoms with Crippen LogP contribution in [0.1, 0.15) is 40.2 Å². The van der Waals surface area contributed by atoms with Gasteiger partial charge in [0.15, 0.2) is 0 Å². The summed E-state index contributed by atoms with van der Waals surface area (Å²) >= 11 is 0. The quantitative estimate of drug-likeness (QED) is 0.773. The molecule has 0 spiro atoms. The molecule has 0 aliphatic heterocycles. The number of anilines is 1. The van der Waals surface area contributed by atoms with Crippen LogP contribution >= 0.6 is 0 Å². The highest BCUT2D eigenvalue weighted by Gasteiger charge is 2.00. The van der Waals surface area contributed by atoms with E-state index in [1.807, 2.05) is 58.9 Å². The fourth-order valence-electron chi connectivity index (χ4n) is 1.12. The van der Waals surface area contributed by atoms with Crippen molar-refractivity contribution in [1.29, 1.82) is 0 Å². The topological polar surface area (TPSA) is 46.2 Å². The molecule has 0 saturated heterocycles. The van der Waals surface area contributed by atoms with E-state index in [-0.39, 0.29) is 6.61 Å². The first-order valence-electron chi connectivity index (χ1n) is 6.17. The van der Waals surface area contributed by atoms with Gasteiger partial charge in [0.25, 0.3) is 0 Å². The van der Waals surface area contributed by atoms with E-state index < -0.39 is 0 Å². The molecule has 0 heterocycles. The maximum atomic E-state index is 8.83. The van der Waals surface area contributed by atoms with E-state index in [4.69, 9.17) is 10.8 Å². The van der Waals surface area contributed by atoms with Crippen molar-refractivity contribution in [1.82, 2.24) is 0 Å². The van der Waals surface area contributed by atoms with Gasteiger partial charge in [-0.3, -0.25) is 0 Å². The number of hydrogen-bond donors (Lipinski definition) is 2. The molecule has 0 amide bonds. The summed E-state index contributed by atoms with van der Waals surface area (Å²) in [6.07, 6.45) is 0.913. The lowest BCUT2D eigenvalue weighted by molar-refractivity contribution is 0.237. The molecule has 1 rings (SSSR count). The van der Waals surface area contributed by atoms with Crippen LogP contribution < -0.4 is 5.73 Å². The van der Waals surface area contributed by atoms with E-state index in [1.165, 1.54) is 5.56 Å². The molecular weight excluding hydrogens is 198 g/mol. The Hall–Kier alpha value is -1.02. The first-order valence-corrected chi connectivity index (χ1v) is 6.17. The van der Waals surface area contributed by atoms with Crippen molar-refractivity contribution in [2.45, 2.75) is 41.0 Å². The minimum absolute atomic E-state index is 0.240. The highest BCUT2D eigenvalue weighted by Crippen LogP contribution is 2.10. The summed E-state index contributed by atoms with van der Waals surface area (Å²) in [6.45, 7) is 10.3. The van der Waals surface area contributed by atoms with Gasteiger partial charge in [-0.05, 0) is 30.0 Å². The first kappa shape index (κ1) is 17.4. The SMILES string of the molecule is CC.CC.CC(CO)Cc1ccc(N)cc1. The molecule has 1 aromatic carbocycles. The van der Waals surface area contributed by atoms with Gasteiger partial charge in [0.05, 0.1) is 0 Å². The highest BCUT2D eigenvalue weighted by molar-refractivity contribution is 5.39. The van der Waals surface area contributed by atoms with Crippen LogP contribution in [0.3, 0.4) is 0 Å². The van der Waals surface area contributed by atoms with Crippen LogP contribution in [0.4, 0.5) is 5.69 Å². The van der Waals surface area contributed by atoms with Crippen molar-refractivity contribution in [2.75, 3.05) is 12.3 Å². The average molecular weight is 225 g/mol. The maximum absolute atomic E-state index is 8.83. The molecule has 1 atom stereocenters. The van der Waals surface area contributed by atoms with E-state index in [0.717, 1.165) is 12.1 Å². The first-order chi connectivity index (χ1) is 7.72. The van der Waals surface area contributed by atoms with E-state index in [2.05, 4.69) is 0 Å². The van der Waals surface area contributed by atoms with Crippen LogP contribution in [0.15, 0.2) is 24.3 Å². The molecule has 94 valence electrons. The molecule has 0 radical (unpaired) electrons. The molecule has 0 fully saturated rings. The number of aliphatic hydroxyl groups excluding tert-OH is 1. The zero-order chi connectivity index (χ0) is 13.0. The summed E-state index contributed by atoms with van der Waals surface area (Å²) < 4.78 is 0. The van der Waals surface area contributed by atoms with Gasteiger partial charge < -0.3 is 10.8 Å². The Bertz CT molecular complexity index is 231. The molecule has 0 bridgehead atoms. The Labute approximate surface area is 100 Å².